The Balaban J connectivity index is 1.87. The molecule has 0 atom stereocenters. The Morgan fingerprint density at radius 2 is 1.71 bits per heavy atom. The van der Waals surface area contributed by atoms with Crippen molar-refractivity contribution in [3.8, 4) is 11.1 Å². The Bertz CT molecular complexity index is 675. The molecular weight excluding hydrogens is 332 g/mol. The third kappa shape index (κ3) is 5.70. The maximum atomic E-state index is 13.3. The van der Waals surface area contributed by atoms with E-state index < -0.39 is 25.0 Å². The summed E-state index contributed by atoms with van der Waals surface area (Å²) in [5.41, 5.74) is 3.80. The van der Waals surface area contributed by atoms with Gasteiger partial charge < -0.3 is 10.1 Å². The highest BCUT2D eigenvalue weighted by atomic mass is 32.1. The second kappa shape index (κ2) is 8.49. The zero-order chi connectivity index (χ0) is 17.4. The first-order valence-corrected chi connectivity index (χ1v) is 7.82. The first-order valence-electron chi connectivity index (χ1n) is 7.35. The molecule has 0 heterocycles. The Labute approximate surface area is 144 Å². The lowest BCUT2D eigenvalue weighted by Crippen LogP contribution is -2.36. The van der Waals surface area contributed by atoms with Crippen LogP contribution in [0.25, 0.3) is 11.1 Å². The summed E-state index contributed by atoms with van der Waals surface area (Å²) >= 11 is 4.41. The standard InChI is InChI=1S/C18H17F2NO2S/c19-18(20,11-21-13-24)12-23-17(22)10-14-6-8-16(9-7-14)15-4-2-1-3-5-15/h1-9,13H,10-12H2,(H,21,24). The number of nitrogens with one attached hydrogen (secondary N) is 1. The smallest absolute Gasteiger partial charge is 0.310 e. The zero-order valence-electron chi connectivity index (χ0n) is 12.9. The van der Waals surface area contributed by atoms with Crippen LogP contribution in [-0.2, 0) is 16.0 Å². The normalized spacial score (nSPS) is 10.9. The predicted molar refractivity (Wildman–Crippen MR) is 93.1 cm³/mol. The minimum Gasteiger partial charge on any atom is -0.459 e. The van der Waals surface area contributed by atoms with E-state index in [4.69, 9.17) is 0 Å². The molecule has 2 aromatic carbocycles. The fourth-order valence-corrected chi connectivity index (χ4v) is 2.17. The first-order chi connectivity index (χ1) is 11.5. The molecule has 0 aliphatic rings. The van der Waals surface area contributed by atoms with E-state index in [0.717, 1.165) is 16.6 Å². The molecule has 0 aromatic heterocycles. The predicted octanol–water partition coefficient (Wildman–Crippen LogP) is 3.62. The third-order valence-electron chi connectivity index (χ3n) is 3.30. The molecule has 0 bridgehead atoms. The number of hydrogen-bond donors (Lipinski definition) is 1. The highest BCUT2D eigenvalue weighted by Gasteiger charge is 2.30. The van der Waals surface area contributed by atoms with Gasteiger partial charge in [-0.25, -0.2) is 8.78 Å². The average molecular weight is 349 g/mol. The molecule has 0 unspecified atom stereocenters. The van der Waals surface area contributed by atoms with Crippen LogP contribution < -0.4 is 5.32 Å². The lowest BCUT2D eigenvalue weighted by Gasteiger charge is -2.16. The van der Waals surface area contributed by atoms with E-state index in [1.165, 1.54) is 0 Å². The van der Waals surface area contributed by atoms with Crippen LogP contribution in [0.2, 0.25) is 0 Å². The lowest BCUT2D eigenvalue weighted by atomic mass is 10.0. The minimum absolute atomic E-state index is 0.0499. The van der Waals surface area contributed by atoms with E-state index >= 15 is 0 Å². The molecule has 0 saturated heterocycles. The van der Waals surface area contributed by atoms with Gasteiger partial charge in [-0.05, 0) is 16.7 Å². The summed E-state index contributed by atoms with van der Waals surface area (Å²) in [7, 11) is 0. The minimum atomic E-state index is -3.15. The summed E-state index contributed by atoms with van der Waals surface area (Å²) in [6, 6.07) is 17.1. The monoisotopic (exact) mass is 349 g/mol. The second-order valence-corrected chi connectivity index (χ2v) is 5.49. The number of carbonyl (C=O) groups excluding carboxylic acids is 1. The molecule has 126 valence electrons. The van der Waals surface area contributed by atoms with Gasteiger partial charge in [-0.1, -0.05) is 66.8 Å². The van der Waals surface area contributed by atoms with Crippen molar-refractivity contribution in [3.05, 3.63) is 60.2 Å². The molecule has 0 amide bonds. The third-order valence-corrected chi connectivity index (χ3v) is 3.46. The van der Waals surface area contributed by atoms with Crippen LogP contribution in [0.1, 0.15) is 5.56 Å². The molecule has 2 rings (SSSR count). The molecular formula is C18H17F2NO2S. The van der Waals surface area contributed by atoms with Gasteiger partial charge in [0.25, 0.3) is 5.92 Å². The number of hydrogen-bond acceptors (Lipinski definition) is 3. The molecule has 3 nitrogen and oxygen atoms in total. The highest BCUT2D eigenvalue weighted by Crippen LogP contribution is 2.19. The van der Waals surface area contributed by atoms with Crippen molar-refractivity contribution >= 4 is 23.7 Å². The summed E-state index contributed by atoms with van der Waals surface area (Å²) in [6.07, 6.45) is -0.0499. The van der Waals surface area contributed by atoms with Crippen LogP contribution in [0, 0.1) is 0 Å². The molecule has 1 N–H and O–H groups in total. The van der Waals surface area contributed by atoms with Gasteiger partial charge >= 0.3 is 5.97 Å². The van der Waals surface area contributed by atoms with Crippen LogP contribution in [0.3, 0.4) is 0 Å². The summed E-state index contributed by atoms with van der Waals surface area (Å²) in [5, 5.41) is 2.23. The first kappa shape index (κ1) is 18.0. The van der Waals surface area contributed by atoms with Crippen molar-refractivity contribution in [1.29, 1.82) is 0 Å². The van der Waals surface area contributed by atoms with Gasteiger partial charge in [0.15, 0.2) is 6.61 Å². The van der Waals surface area contributed by atoms with E-state index in [-0.39, 0.29) is 6.42 Å². The van der Waals surface area contributed by atoms with Crippen molar-refractivity contribution in [2.24, 2.45) is 0 Å². The van der Waals surface area contributed by atoms with Crippen molar-refractivity contribution in [3.63, 3.8) is 0 Å². The van der Waals surface area contributed by atoms with Gasteiger partial charge in [0.1, 0.15) is 0 Å². The fraction of sp³-hybridized carbons (Fsp3) is 0.222. The number of ether oxygens (including phenoxy) is 1. The van der Waals surface area contributed by atoms with E-state index in [1.807, 2.05) is 42.5 Å². The van der Waals surface area contributed by atoms with E-state index in [2.05, 4.69) is 22.3 Å². The fourth-order valence-electron chi connectivity index (χ4n) is 2.09. The maximum Gasteiger partial charge on any atom is 0.310 e. The van der Waals surface area contributed by atoms with Gasteiger partial charge in [0, 0.05) is 0 Å². The van der Waals surface area contributed by atoms with E-state index in [1.54, 1.807) is 12.1 Å². The molecule has 2 aromatic rings. The number of alkyl halides is 2. The van der Waals surface area contributed by atoms with Crippen LogP contribution >= 0.6 is 12.2 Å². The van der Waals surface area contributed by atoms with Crippen LogP contribution in [0.5, 0.6) is 0 Å². The van der Waals surface area contributed by atoms with Crippen LogP contribution in [0.15, 0.2) is 54.6 Å². The Kier molecular flexibility index (Phi) is 6.37. The van der Waals surface area contributed by atoms with Gasteiger partial charge in [-0.3, -0.25) is 4.79 Å². The molecule has 24 heavy (non-hydrogen) atoms. The summed E-state index contributed by atoms with van der Waals surface area (Å²) in [4.78, 5) is 11.7. The van der Waals surface area contributed by atoms with Crippen molar-refractivity contribution in [1.82, 2.24) is 5.32 Å². The molecule has 0 spiro atoms. The van der Waals surface area contributed by atoms with Crippen LogP contribution in [0.4, 0.5) is 8.78 Å². The number of esters is 1. The Morgan fingerprint density at radius 1 is 1.08 bits per heavy atom. The van der Waals surface area contributed by atoms with Gasteiger partial charge in [0.2, 0.25) is 0 Å². The molecule has 0 saturated carbocycles. The highest BCUT2D eigenvalue weighted by molar-refractivity contribution is 7.78. The lowest BCUT2D eigenvalue weighted by molar-refractivity contribution is -0.153. The number of halogens is 2. The maximum absolute atomic E-state index is 13.3. The van der Waals surface area contributed by atoms with Crippen LogP contribution in [-0.4, -0.2) is 30.5 Å². The SMILES string of the molecule is O=C(Cc1ccc(-c2ccccc2)cc1)OCC(F)(F)CNC=S. The van der Waals surface area contributed by atoms with Gasteiger partial charge in [-0.2, -0.15) is 0 Å². The zero-order valence-corrected chi connectivity index (χ0v) is 13.7. The number of carbonyl (C=O) groups is 1. The summed E-state index contributed by atoms with van der Waals surface area (Å²) < 4.78 is 31.3. The van der Waals surface area contributed by atoms with Gasteiger partial charge in [0.05, 0.1) is 18.5 Å². The van der Waals surface area contributed by atoms with Crippen molar-refractivity contribution in [2.75, 3.05) is 13.2 Å². The molecule has 6 heteroatoms. The quantitative estimate of drug-likeness (QED) is 0.584. The molecule has 0 aliphatic heterocycles. The van der Waals surface area contributed by atoms with Crippen molar-refractivity contribution in [2.45, 2.75) is 12.3 Å². The molecule has 0 radical (unpaired) electrons. The van der Waals surface area contributed by atoms with E-state index in [9.17, 15) is 13.6 Å². The second-order valence-electron chi connectivity index (χ2n) is 5.26. The average Bonchev–Trinajstić information content (AvgIpc) is 2.60. The van der Waals surface area contributed by atoms with Gasteiger partial charge in [-0.15, -0.1) is 0 Å². The largest absolute Gasteiger partial charge is 0.459 e. The summed E-state index contributed by atoms with van der Waals surface area (Å²) in [5.74, 6) is -3.84. The number of benzene rings is 2. The van der Waals surface area contributed by atoms with E-state index in [0.29, 0.717) is 5.56 Å². The Morgan fingerprint density at radius 3 is 2.33 bits per heavy atom. The number of rotatable bonds is 8. The summed E-state index contributed by atoms with van der Waals surface area (Å²) in [6.45, 7) is -1.63. The molecule has 0 aliphatic carbocycles. The van der Waals surface area contributed by atoms with Crippen molar-refractivity contribution < 1.29 is 18.3 Å². The number of thiocarbonyl (C=S) groups is 1. The Hall–Kier alpha value is -2.34. The molecule has 0 fully saturated rings. The topological polar surface area (TPSA) is 38.3 Å².